The summed E-state index contributed by atoms with van der Waals surface area (Å²) in [5.41, 5.74) is -2.34. The third-order valence-electron chi connectivity index (χ3n) is 3.78. The topological polar surface area (TPSA) is 158 Å². The van der Waals surface area contributed by atoms with Gasteiger partial charge in [-0.2, -0.15) is 0 Å². The molecule has 148 valence electrons. The number of pyridine rings is 1. The predicted molar refractivity (Wildman–Crippen MR) is 97.9 cm³/mol. The minimum atomic E-state index is -1.38. The number of carboxylic acids is 1. The molecule has 5 N–H and O–H groups in total. The van der Waals surface area contributed by atoms with E-state index in [-0.39, 0.29) is 11.6 Å². The first kappa shape index (κ1) is 20.8. The fraction of sp³-hybridized carbons (Fsp3) is 0.176. The summed E-state index contributed by atoms with van der Waals surface area (Å²) in [5.74, 6) is -5.51. The highest BCUT2D eigenvalue weighted by atomic mass is 35.5. The van der Waals surface area contributed by atoms with Gasteiger partial charge >= 0.3 is 5.97 Å². The molecule has 0 bridgehead atoms. The molecule has 0 saturated heterocycles. The fourth-order valence-corrected chi connectivity index (χ4v) is 2.62. The van der Waals surface area contributed by atoms with E-state index in [9.17, 15) is 29.4 Å². The molecule has 28 heavy (non-hydrogen) atoms. The predicted octanol–water partition coefficient (Wildman–Crippen LogP) is 0.135. The Morgan fingerprint density at radius 3 is 2.32 bits per heavy atom. The highest BCUT2D eigenvalue weighted by molar-refractivity contribution is 6.31. The van der Waals surface area contributed by atoms with Gasteiger partial charge in [-0.05, 0) is 11.6 Å². The Hall–Kier alpha value is -3.53. The first-order valence-corrected chi connectivity index (χ1v) is 8.21. The van der Waals surface area contributed by atoms with Gasteiger partial charge in [-0.3, -0.25) is 23.7 Å². The first-order chi connectivity index (χ1) is 13.2. The zero-order valence-corrected chi connectivity index (χ0v) is 15.3. The molecule has 1 aromatic carbocycles. The Morgan fingerprint density at radius 2 is 1.75 bits per heavy atom. The number of hydrogen-bond donors (Lipinski definition) is 5. The van der Waals surface area contributed by atoms with Crippen molar-refractivity contribution >= 4 is 29.4 Å². The van der Waals surface area contributed by atoms with Crippen LogP contribution in [0.3, 0.4) is 0 Å². The summed E-state index contributed by atoms with van der Waals surface area (Å²) in [4.78, 5) is 47.7. The smallest absolute Gasteiger partial charge is 0.322 e. The summed E-state index contributed by atoms with van der Waals surface area (Å²) in [6.07, 6.45) is 0. The molecule has 0 spiro atoms. The Morgan fingerprint density at radius 1 is 1.11 bits per heavy atom. The van der Waals surface area contributed by atoms with Crippen molar-refractivity contribution in [1.82, 2.24) is 15.2 Å². The summed E-state index contributed by atoms with van der Waals surface area (Å²) >= 11 is 6.06. The molecule has 0 fully saturated rings. The molecular formula is C17H16ClN3O7. The van der Waals surface area contributed by atoms with Gasteiger partial charge < -0.3 is 26.0 Å². The third kappa shape index (κ3) is 4.07. The first-order valence-electron chi connectivity index (χ1n) is 7.83. The number of aliphatic carboxylic acids is 1. The van der Waals surface area contributed by atoms with Gasteiger partial charge in [-0.1, -0.05) is 29.8 Å². The number of carbonyl (C=O) groups is 3. The van der Waals surface area contributed by atoms with Crippen LogP contribution in [-0.2, 0) is 11.3 Å². The van der Waals surface area contributed by atoms with Crippen LogP contribution in [0.2, 0.25) is 5.02 Å². The second-order valence-corrected chi connectivity index (χ2v) is 5.97. The molecule has 0 radical (unpaired) electrons. The molecule has 0 saturated carbocycles. The summed E-state index contributed by atoms with van der Waals surface area (Å²) in [6, 6.07) is 6.38. The minimum Gasteiger partial charge on any atom is -0.506 e. The van der Waals surface area contributed by atoms with E-state index in [1.54, 1.807) is 24.3 Å². The summed E-state index contributed by atoms with van der Waals surface area (Å²) < 4.78 is 0.682. The van der Waals surface area contributed by atoms with Crippen LogP contribution in [0.4, 0.5) is 0 Å². The molecule has 2 rings (SSSR count). The molecule has 2 aromatic rings. The molecular weight excluding hydrogens is 394 g/mol. The number of aromatic hydroxyl groups is 2. The second-order valence-electron chi connectivity index (χ2n) is 5.56. The average Bonchev–Trinajstić information content (AvgIpc) is 2.64. The SMILES string of the molecule is CNC(=O)c1c(O)c(C(=O)NCC(=O)O)c(=O)n(Cc2ccccc2Cl)c1O. The van der Waals surface area contributed by atoms with Crippen LogP contribution < -0.4 is 16.2 Å². The van der Waals surface area contributed by atoms with E-state index in [1.165, 1.54) is 7.05 Å². The lowest BCUT2D eigenvalue weighted by atomic mass is 10.1. The van der Waals surface area contributed by atoms with Crippen molar-refractivity contribution in [3.8, 4) is 11.6 Å². The Bertz CT molecular complexity index is 1020. The lowest BCUT2D eigenvalue weighted by molar-refractivity contribution is -0.135. The van der Waals surface area contributed by atoms with Gasteiger partial charge in [0.25, 0.3) is 17.4 Å². The summed E-state index contributed by atoms with van der Waals surface area (Å²) in [7, 11) is 1.22. The average molecular weight is 410 g/mol. The van der Waals surface area contributed by atoms with Crippen LogP contribution in [-0.4, -0.2) is 51.3 Å². The quantitative estimate of drug-likeness (QED) is 0.453. The van der Waals surface area contributed by atoms with Crippen LogP contribution >= 0.6 is 11.6 Å². The van der Waals surface area contributed by atoms with E-state index < -0.39 is 52.6 Å². The molecule has 0 unspecified atom stereocenters. The number of halogens is 1. The van der Waals surface area contributed by atoms with Crippen LogP contribution in [0.5, 0.6) is 11.6 Å². The fourth-order valence-electron chi connectivity index (χ4n) is 2.42. The van der Waals surface area contributed by atoms with E-state index in [0.29, 0.717) is 10.1 Å². The molecule has 0 aliphatic heterocycles. The maximum absolute atomic E-state index is 12.7. The zero-order valence-electron chi connectivity index (χ0n) is 14.5. The number of carboxylic acid groups (broad SMARTS) is 1. The van der Waals surface area contributed by atoms with E-state index >= 15 is 0 Å². The maximum atomic E-state index is 12.7. The van der Waals surface area contributed by atoms with Crippen molar-refractivity contribution in [2.75, 3.05) is 13.6 Å². The van der Waals surface area contributed by atoms with Crippen molar-refractivity contribution in [3.63, 3.8) is 0 Å². The Balaban J connectivity index is 2.70. The van der Waals surface area contributed by atoms with Crippen LogP contribution in [0.25, 0.3) is 0 Å². The van der Waals surface area contributed by atoms with Gasteiger partial charge in [0.15, 0.2) is 5.75 Å². The molecule has 0 atom stereocenters. The van der Waals surface area contributed by atoms with Gasteiger partial charge in [0, 0.05) is 12.1 Å². The lowest BCUT2D eigenvalue weighted by Crippen LogP contribution is -2.37. The number of amides is 2. The molecule has 1 heterocycles. The van der Waals surface area contributed by atoms with E-state index in [2.05, 4.69) is 5.32 Å². The lowest BCUT2D eigenvalue weighted by Gasteiger charge is -2.16. The van der Waals surface area contributed by atoms with Crippen LogP contribution in [0.15, 0.2) is 29.1 Å². The number of aromatic nitrogens is 1. The van der Waals surface area contributed by atoms with Crippen molar-refractivity contribution in [3.05, 3.63) is 56.3 Å². The third-order valence-corrected chi connectivity index (χ3v) is 4.15. The number of carbonyl (C=O) groups excluding carboxylic acids is 2. The van der Waals surface area contributed by atoms with Crippen LogP contribution in [0.1, 0.15) is 26.3 Å². The monoisotopic (exact) mass is 409 g/mol. The van der Waals surface area contributed by atoms with Crippen molar-refractivity contribution in [2.24, 2.45) is 0 Å². The second kappa shape index (κ2) is 8.44. The maximum Gasteiger partial charge on any atom is 0.322 e. The van der Waals surface area contributed by atoms with Gasteiger partial charge in [0.05, 0.1) is 6.54 Å². The summed E-state index contributed by atoms with van der Waals surface area (Å²) in [6.45, 7) is -1.13. The molecule has 11 heteroatoms. The molecule has 2 amide bonds. The largest absolute Gasteiger partial charge is 0.506 e. The normalized spacial score (nSPS) is 10.4. The summed E-state index contributed by atoms with van der Waals surface area (Å²) in [5, 5.41) is 33.7. The van der Waals surface area contributed by atoms with Gasteiger partial charge in [0.1, 0.15) is 17.7 Å². The van der Waals surface area contributed by atoms with Gasteiger partial charge in [-0.25, -0.2) is 0 Å². The number of nitrogens with zero attached hydrogens (tertiary/aromatic N) is 1. The molecule has 0 aliphatic rings. The van der Waals surface area contributed by atoms with E-state index in [4.69, 9.17) is 16.7 Å². The molecule has 1 aromatic heterocycles. The zero-order chi connectivity index (χ0) is 21.0. The van der Waals surface area contributed by atoms with Gasteiger partial charge in [-0.15, -0.1) is 0 Å². The number of benzene rings is 1. The Kier molecular flexibility index (Phi) is 6.26. The van der Waals surface area contributed by atoms with E-state index in [1.807, 2.05) is 5.32 Å². The van der Waals surface area contributed by atoms with Crippen LogP contribution in [0, 0.1) is 0 Å². The highest BCUT2D eigenvalue weighted by Gasteiger charge is 2.29. The number of rotatable bonds is 6. The van der Waals surface area contributed by atoms with Gasteiger partial charge in [0.2, 0.25) is 5.88 Å². The Labute approximate surface area is 163 Å². The number of hydrogen-bond acceptors (Lipinski definition) is 6. The van der Waals surface area contributed by atoms with Crippen molar-refractivity contribution in [2.45, 2.75) is 6.54 Å². The van der Waals surface area contributed by atoms with E-state index in [0.717, 1.165) is 0 Å². The van der Waals surface area contributed by atoms with Crippen molar-refractivity contribution < 1.29 is 29.7 Å². The molecule has 0 aliphatic carbocycles. The standard InChI is InChI=1S/C17H16ClN3O7/c1-19-14(25)11-13(24)12(15(26)20-6-10(22)23)17(28)21(16(11)27)7-8-4-2-3-5-9(8)18/h2-5,24,27H,6-7H2,1H3,(H,19,25)(H,20,26)(H,22,23). The highest BCUT2D eigenvalue weighted by Crippen LogP contribution is 2.29. The minimum absolute atomic E-state index is 0.264. The number of nitrogens with one attached hydrogen (secondary N) is 2. The molecule has 10 nitrogen and oxygen atoms in total. The van der Waals surface area contributed by atoms with Crippen molar-refractivity contribution in [1.29, 1.82) is 0 Å².